The summed E-state index contributed by atoms with van der Waals surface area (Å²) in [4.78, 5) is 12.3. The molecule has 2 N–H and O–H groups in total. The van der Waals surface area contributed by atoms with Crippen molar-refractivity contribution < 1.29 is 14.3 Å². The van der Waals surface area contributed by atoms with E-state index in [1.165, 1.54) is 7.11 Å². The minimum absolute atomic E-state index is 0.218. The number of methoxy groups -OCH3 is 2. The van der Waals surface area contributed by atoms with Crippen molar-refractivity contribution in [3.8, 4) is 11.5 Å². The van der Waals surface area contributed by atoms with E-state index in [0.29, 0.717) is 28.9 Å². The SMILES string of the molecule is COc1ccc(OC)c(NC(=O)c2ccc(NCC(C)C)nn2)c1. The number of hydrogen-bond donors (Lipinski definition) is 2. The van der Waals surface area contributed by atoms with Gasteiger partial charge in [0.2, 0.25) is 0 Å². The molecule has 7 nitrogen and oxygen atoms in total. The summed E-state index contributed by atoms with van der Waals surface area (Å²) in [6.07, 6.45) is 0. The fourth-order valence-corrected chi connectivity index (χ4v) is 1.95. The summed E-state index contributed by atoms with van der Waals surface area (Å²) in [5.41, 5.74) is 0.723. The molecule has 0 atom stereocenters. The maximum Gasteiger partial charge on any atom is 0.276 e. The summed E-state index contributed by atoms with van der Waals surface area (Å²) in [7, 11) is 3.09. The first-order valence-electron chi connectivity index (χ1n) is 7.64. The van der Waals surface area contributed by atoms with Crippen LogP contribution in [0.4, 0.5) is 11.5 Å². The summed E-state index contributed by atoms with van der Waals surface area (Å²) in [5.74, 6) is 1.91. The molecule has 24 heavy (non-hydrogen) atoms. The normalized spacial score (nSPS) is 10.4. The predicted octanol–water partition coefficient (Wildman–Crippen LogP) is 2.81. The highest BCUT2D eigenvalue weighted by Gasteiger charge is 2.13. The van der Waals surface area contributed by atoms with Crippen LogP contribution in [-0.4, -0.2) is 36.9 Å². The van der Waals surface area contributed by atoms with E-state index in [4.69, 9.17) is 9.47 Å². The molecule has 1 amide bonds. The molecule has 128 valence electrons. The molecule has 0 saturated heterocycles. The van der Waals surface area contributed by atoms with Crippen LogP contribution in [0.25, 0.3) is 0 Å². The lowest BCUT2D eigenvalue weighted by molar-refractivity contribution is 0.102. The molecule has 0 aliphatic carbocycles. The zero-order chi connectivity index (χ0) is 17.5. The van der Waals surface area contributed by atoms with Gasteiger partial charge in [-0.25, -0.2) is 0 Å². The number of nitrogens with one attached hydrogen (secondary N) is 2. The van der Waals surface area contributed by atoms with Gasteiger partial charge in [0.05, 0.1) is 19.9 Å². The van der Waals surface area contributed by atoms with Crippen LogP contribution < -0.4 is 20.1 Å². The topological polar surface area (TPSA) is 85.4 Å². The molecule has 0 radical (unpaired) electrons. The molecule has 0 bridgehead atoms. The van der Waals surface area contributed by atoms with Gasteiger partial charge in [-0.05, 0) is 30.2 Å². The molecule has 0 aliphatic rings. The Labute approximate surface area is 141 Å². The minimum Gasteiger partial charge on any atom is -0.497 e. The van der Waals surface area contributed by atoms with Crippen molar-refractivity contribution in [1.29, 1.82) is 0 Å². The number of benzene rings is 1. The van der Waals surface area contributed by atoms with Gasteiger partial charge in [0.25, 0.3) is 5.91 Å². The van der Waals surface area contributed by atoms with Crippen molar-refractivity contribution in [2.24, 2.45) is 5.92 Å². The van der Waals surface area contributed by atoms with Gasteiger partial charge in [-0.3, -0.25) is 4.79 Å². The predicted molar refractivity (Wildman–Crippen MR) is 92.9 cm³/mol. The van der Waals surface area contributed by atoms with Gasteiger partial charge in [-0.2, -0.15) is 0 Å². The lowest BCUT2D eigenvalue weighted by Crippen LogP contribution is -2.16. The zero-order valence-electron chi connectivity index (χ0n) is 14.3. The number of carbonyl (C=O) groups excluding carboxylic acids is 1. The smallest absolute Gasteiger partial charge is 0.276 e. The van der Waals surface area contributed by atoms with Crippen LogP contribution >= 0.6 is 0 Å². The van der Waals surface area contributed by atoms with E-state index in [2.05, 4.69) is 34.7 Å². The average molecular weight is 330 g/mol. The van der Waals surface area contributed by atoms with Crippen molar-refractivity contribution in [3.05, 3.63) is 36.0 Å². The van der Waals surface area contributed by atoms with Crippen LogP contribution in [-0.2, 0) is 0 Å². The molecule has 1 aromatic carbocycles. The Kier molecular flexibility index (Phi) is 5.95. The summed E-state index contributed by atoms with van der Waals surface area (Å²) < 4.78 is 10.4. The van der Waals surface area contributed by atoms with Crippen LogP contribution in [0.1, 0.15) is 24.3 Å². The van der Waals surface area contributed by atoms with Gasteiger partial charge in [0, 0.05) is 12.6 Å². The van der Waals surface area contributed by atoms with Crippen molar-refractivity contribution in [3.63, 3.8) is 0 Å². The first-order valence-corrected chi connectivity index (χ1v) is 7.64. The van der Waals surface area contributed by atoms with E-state index in [1.54, 1.807) is 37.4 Å². The van der Waals surface area contributed by atoms with Crippen molar-refractivity contribution >= 4 is 17.4 Å². The van der Waals surface area contributed by atoms with Gasteiger partial charge in [-0.1, -0.05) is 13.8 Å². The average Bonchev–Trinajstić information content (AvgIpc) is 2.60. The number of nitrogens with zero attached hydrogens (tertiary/aromatic N) is 2. The van der Waals surface area contributed by atoms with Crippen LogP contribution in [0, 0.1) is 5.92 Å². The lowest BCUT2D eigenvalue weighted by Gasteiger charge is -2.11. The molecule has 0 saturated carbocycles. The van der Waals surface area contributed by atoms with Crippen LogP contribution in [0.5, 0.6) is 11.5 Å². The number of anilines is 2. The third-order valence-corrected chi connectivity index (χ3v) is 3.24. The summed E-state index contributed by atoms with van der Waals surface area (Å²) >= 11 is 0. The van der Waals surface area contributed by atoms with Crippen molar-refractivity contribution in [2.45, 2.75) is 13.8 Å². The fourth-order valence-electron chi connectivity index (χ4n) is 1.95. The number of aromatic nitrogens is 2. The molecule has 0 spiro atoms. The first-order chi connectivity index (χ1) is 11.5. The molecular weight excluding hydrogens is 308 g/mol. The van der Waals surface area contributed by atoms with E-state index < -0.39 is 0 Å². The highest BCUT2D eigenvalue weighted by Crippen LogP contribution is 2.29. The first kappa shape index (κ1) is 17.5. The lowest BCUT2D eigenvalue weighted by atomic mass is 10.2. The molecule has 1 aromatic heterocycles. The highest BCUT2D eigenvalue weighted by molar-refractivity contribution is 6.03. The Bertz CT molecular complexity index is 687. The fraction of sp³-hybridized carbons (Fsp3) is 0.353. The minimum atomic E-state index is -0.371. The Morgan fingerprint density at radius 3 is 2.50 bits per heavy atom. The van der Waals surface area contributed by atoms with Gasteiger partial charge in [0.15, 0.2) is 5.69 Å². The van der Waals surface area contributed by atoms with E-state index in [0.717, 1.165) is 6.54 Å². The molecular formula is C17H22N4O3. The second-order valence-electron chi connectivity index (χ2n) is 5.60. The largest absolute Gasteiger partial charge is 0.497 e. The number of amides is 1. The number of hydrogen-bond acceptors (Lipinski definition) is 6. The number of ether oxygens (including phenoxy) is 2. The maximum absolute atomic E-state index is 12.3. The molecule has 7 heteroatoms. The Hall–Kier alpha value is -2.83. The Morgan fingerprint density at radius 2 is 1.92 bits per heavy atom. The van der Waals surface area contributed by atoms with Gasteiger partial charge >= 0.3 is 0 Å². The van der Waals surface area contributed by atoms with Crippen molar-refractivity contribution in [2.75, 3.05) is 31.4 Å². The van der Waals surface area contributed by atoms with Gasteiger partial charge in [0.1, 0.15) is 17.3 Å². The molecule has 0 fully saturated rings. The Morgan fingerprint density at radius 1 is 1.12 bits per heavy atom. The molecule has 0 unspecified atom stereocenters. The summed E-state index contributed by atoms with van der Waals surface area (Å²) in [5, 5.41) is 13.9. The summed E-state index contributed by atoms with van der Waals surface area (Å²) in [6.45, 7) is 4.99. The maximum atomic E-state index is 12.3. The summed E-state index contributed by atoms with van der Waals surface area (Å²) in [6, 6.07) is 8.51. The van der Waals surface area contributed by atoms with Gasteiger partial charge in [-0.15, -0.1) is 10.2 Å². The monoisotopic (exact) mass is 330 g/mol. The van der Waals surface area contributed by atoms with E-state index in [-0.39, 0.29) is 11.6 Å². The van der Waals surface area contributed by atoms with Crippen LogP contribution in [0.15, 0.2) is 30.3 Å². The standard InChI is InChI=1S/C17H22N4O3/c1-11(2)10-18-16-8-6-13(20-21-16)17(22)19-14-9-12(23-3)5-7-15(14)24-4/h5-9,11H,10H2,1-4H3,(H,18,21)(H,19,22). The third-order valence-electron chi connectivity index (χ3n) is 3.24. The second kappa shape index (κ2) is 8.14. The van der Waals surface area contributed by atoms with E-state index >= 15 is 0 Å². The van der Waals surface area contributed by atoms with Crippen molar-refractivity contribution in [1.82, 2.24) is 10.2 Å². The van der Waals surface area contributed by atoms with E-state index in [1.807, 2.05) is 0 Å². The quantitative estimate of drug-likeness (QED) is 0.812. The number of carbonyl (C=O) groups is 1. The Balaban J connectivity index is 2.09. The zero-order valence-corrected chi connectivity index (χ0v) is 14.3. The third kappa shape index (κ3) is 4.58. The van der Waals surface area contributed by atoms with Crippen LogP contribution in [0.3, 0.4) is 0 Å². The highest BCUT2D eigenvalue weighted by atomic mass is 16.5. The second-order valence-corrected chi connectivity index (χ2v) is 5.60. The van der Waals surface area contributed by atoms with Gasteiger partial charge < -0.3 is 20.1 Å². The molecule has 2 aromatic rings. The molecule has 1 heterocycles. The molecule has 0 aliphatic heterocycles. The molecule has 2 rings (SSSR count). The number of rotatable bonds is 7. The van der Waals surface area contributed by atoms with E-state index in [9.17, 15) is 4.79 Å². The van der Waals surface area contributed by atoms with Crippen LogP contribution in [0.2, 0.25) is 0 Å².